The molecule has 1 aromatic rings. The number of nitrogens with one attached hydrogen (secondary N) is 1. The van der Waals surface area contributed by atoms with E-state index in [1.54, 1.807) is 12.4 Å². The summed E-state index contributed by atoms with van der Waals surface area (Å²) in [7, 11) is 0. The fourth-order valence-corrected chi connectivity index (χ4v) is 3.67. The Morgan fingerprint density at radius 1 is 1.22 bits per heavy atom. The van der Waals surface area contributed by atoms with Crippen molar-refractivity contribution in [3.8, 4) is 0 Å². The van der Waals surface area contributed by atoms with Crippen LogP contribution in [0.2, 0.25) is 0 Å². The Labute approximate surface area is 139 Å². The van der Waals surface area contributed by atoms with Crippen LogP contribution in [-0.2, 0) is 11.3 Å². The molecule has 0 bridgehead atoms. The maximum Gasteiger partial charge on any atom is 0.234 e. The first-order valence-electron chi connectivity index (χ1n) is 8.90. The number of carbonyl (C=O) groups excluding carboxylic acids is 1. The second-order valence-electron chi connectivity index (χ2n) is 6.89. The van der Waals surface area contributed by atoms with Gasteiger partial charge in [-0.1, -0.05) is 12.5 Å². The maximum atomic E-state index is 12.1. The Bertz CT molecular complexity index is 487. The summed E-state index contributed by atoms with van der Waals surface area (Å²) in [5, 5.41) is 2.99. The Morgan fingerprint density at radius 3 is 2.87 bits per heavy atom. The molecule has 0 aliphatic carbocycles. The van der Waals surface area contributed by atoms with Gasteiger partial charge in [-0.15, -0.1) is 0 Å². The van der Waals surface area contributed by atoms with E-state index < -0.39 is 0 Å². The molecule has 1 N–H and O–H groups in total. The number of likely N-dealkylation sites (tertiary alicyclic amines) is 2. The first-order valence-corrected chi connectivity index (χ1v) is 8.90. The van der Waals surface area contributed by atoms with Crippen molar-refractivity contribution < 1.29 is 4.79 Å². The molecule has 1 atom stereocenters. The zero-order valence-electron chi connectivity index (χ0n) is 13.9. The quantitative estimate of drug-likeness (QED) is 0.864. The molecule has 1 amide bonds. The maximum absolute atomic E-state index is 12.1. The molecule has 0 radical (unpaired) electrons. The SMILES string of the molecule is O=C(CN1CC[C@H](CN2CCCCC2)C1)NCc1cccnc1. The van der Waals surface area contributed by atoms with Gasteiger partial charge in [-0.05, 0) is 56.4 Å². The minimum Gasteiger partial charge on any atom is -0.351 e. The zero-order valence-corrected chi connectivity index (χ0v) is 13.9. The molecular formula is C18H28N4O. The Kier molecular flexibility index (Phi) is 6.00. The van der Waals surface area contributed by atoms with E-state index in [1.807, 2.05) is 12.1 Å². The van der Waals surface area contributed by atoms with Crippen LogP contribution in [-0.4, -0.2) is 60.0 Å². The lowest BCUT2D eigenvalue weighted by molar-refractivity contribution is -0.122. The van der Waals surface area contributed by atoms with Gasteiger partial charge >= 0.3 is 0 Å². The third-order valence-corrected chi connectivity index (χ3v) is 4.91. The van der Waals surface area contributed by atoms with Gasteiger partial charge in [0.1, 0.15) is 0 Å². The van der Waals surface area contributed by atoms with Gasteiger partial charge in [-0.3, -0.25) is 14.7 Å². The van der Waals surface area contributed by atoms with Gasteiger partial charge < -0.3 is 10.2 Å². The predicted molar refractivity (Wildman–Crippen MR) is 90.9 cm³/mol. The van der Waals surface area contributed by atoms with Crippen molar-refractivity contribution in [3.05, 3.63) is 30.1 Å². The van der Waals surface area contributed by atoms with Gasteiger partial charge in [0.05, 0.1) is 6.54 Å². The van der Waals surface area contributed by atoms with Crippen molar-refractivity contribution in [2.24, 2.45) is 5.92 Å². The topological polar surface area (TPSA) is 48.5 Å². The number of carbonyl (C=O) groups is 1. The Balaban J connectivity index is 1.35. The average molecular weight is 316 g/mol. The number of aromatic nitrogens is 1. The van der Waals surface area contributed by atoms with E-state index in [-0.39, 0.29) is 5.91 Å². The molecule has 2 aliphatic rings. The van der Waals surface area contributed by atoms with Crippen LogP contribution in [0, 0.1) is 5.92 Å². The van der Waals surface area contributed by atoms with Crippen molar-refractivity contribution >= 4 is 5.91 Å². The smallest absolute Gasteiger partial charge is 0.234 e. The second kappa shape index (κ2) is 8.41. The molecule has 0 aromatic carbocycles. The molecule has 2 aliphatic heterocycles. The summed E-state index contributed by atoms with van der Waals surface area (Å²) in [5.74, 6) is 0.853. The fourth-order valence-electron chi connectivity index (χ4n) is 3.67. The summed E-state index contributed by atoms with van der Waals surface area (Å²) < 4.78 is 0. The minimum atomic E-state index is 0.118. The first kappa shape index (κ1) is 16.4. The van der Waals surface area contributed by atoms with E-state index in [0.29, 0.717) is 13.1 Å². The number of pyridine rings is 1. The van der Waals surface area contributed by atoms with E-state index in [9.17, 15) is 4.79 Å². The van der Waals surface area contributed by atoms with Crippen LogP contribution < -0.4 is 5.32 Å². The van der Waals surface area contributed by atoms with Gasteiger partial charge in [-0.25, -0.2) is 0 Å². The number of rotatable bonds is 6. The number of piperidine rings is 1. The van der Waals surface area contributed by atoms with Crippen LogP contribution in [0.15, 0.2) is 24.5 Å². The van der Waals surface area contributed by atoms with Gasteiger partial charge in [0.2, 0.25) is 5.91 Å². The second-order valence-corrected chi connectivity index (χ2v) is 6.89. The lowest BCUT2D eigenvalue weighted by atomic mass is 10.1. The molecule has 5 heteroatoms. The summed E-state index contributed by atoms with van der Waals surface area (Å²) in [6, 6.07) is 3.88. The zero-order chi connectivity index (χ0) is 15.9. The van der Waals surface area contributed by atoms with E-state index in [2.05, 4.69) is 20.1 Å². The highest BCUT2D eigenvalue weighted by atomic mass is 16.2. The summed E-state index contributed by atoms with van der Waals surface area (Å²) in [4.78, 5) is 21.1. The predicted octanol–water partition coefficient (Wildman–Crippen LogP) is 1.51. The largest absolute Gasteiger partial charge is 0.351 e. The third kappa shape index (κ3) is 5.29. The van der Waals surface area contributed by atoms with E-state index in [4.69, 9.17) is 0 Å². The van der Waals surface area contributed by atoms with Crippen LogP contribution >= 0.6 is 0 Å². The van der Waals surface area contributed by atoms with Crippen LogP contribution in [0.3, 0.4) is 0 Å². The van der Waals surface area contributed by atoms with Crippen LogP contribution in [0.4, 0.5) is 0 Å². The molecule has 0 saturated carbocycles. The highest BCUT2D eigenvalue weighted by molar-refractivity contribution is 5.78. The Morgan fingerprint density at radius 2 is 2.09 bits per heavy atom. The normalized spacial score (nSPS) is 23.0. The van der Waals surface area contributed by atoms with Crippen LogP contribution in [0.5, 0.6) is 0 Å². The number of hydrogen-bond donors (Lipinski definition) is 1. The lowest BCUT2D eigenvalue weighted by Gasteiger charge is -2.29. The summed E-state index contributed by atoms with van der Waals surface area (Å²) in [6.07, 6.45) is 8.87. The molecule has 23 heavy (non-hydrogen) atoms. The number of nitrogens with zero attached hydrogens (tertiary/aromatic N) is 3. The first-order chi connectivity index (χ1) is 11.3. The van der Waals surface area contributed by atoms with E-state index in [1.165, 1.54) is 45.3 Å². The van der Waals surface area contributed by atoms with Crippen LogP contribution in [0.1, 0.15) is 31.2 Å². The molecule has 126 valence electrons. The molecule has 3 heterocycles. The highest BCUT2D eigenvalue weighted by Gasteiger charge is 2.26. The monoisotopic (exact) mass is 316 g/mol. The van der Waals surface area contributed by atoms with Crippen LogP contribution in [0.25, 0.3) is 0 Å². The van der Waals surface area contributed by atoms with Crippen molar-refractivity contribution in [2.45, 2.75) is 32.2 Å². The van der Waals surface area contributed by atoms with Crippen molar-refractivity contribution in [1.82, 2.24) is 20.1 Å². The summed E-state index contributed by atoms with van der Waals surface area (Å²) in [6.45, 7) is 6.96. The average Bonchev–Trinajstić information content (AvgIpc) is 3.02. The molecule has 1 aromatic heterocycles. The van der Waals surface area contributed by atoms with Gasteiger partial charge in [-0.2, -0.15) is 0 Å². The van der Waals surface area contributed by atoms with Gasteiger partial charge in [0.25, 0.3) is 0 Å². The summed E-state index contributed by atoms with van der Waals surface area (Å²) in [5.41, 5.74) is 1.05. The van der Waals surface area contributed by atoms with Gasteiger partial charge in [0, 0.05) is 32.0 Å². The molecule has 2 fully saturated rings. The lowest BCUT2D eigenvalue weighted by Crippen LogP contribution is -2.37. The molecule has 0 spiro atoms. The molecule has 3 rings (SSSR count). The molecule has 0 unspecified atom stereocenters. The standard InChI is InChI=1S/C18H28N4O/c23-18(20-12-16-5-4-7-19-11-16)15-22-10-6-17(14-22)13-21-8-2-1-3-9-21/h4-5,7,11,17H,1-3,6,8-10,12-15H2,(H,20,23)/t17-/m1/s1. The van der Waals surface area contributed by atoms with Crippen molar-refractivity contribution in [3.63, 3.8) is 0 Å². The molecular weight excluding hydrogens is 288 g/mol. The van der Waals surface area contributed by atoms with Gasteiger partial charge in [0.15, 0.2) is 0 Å². The Hall–Kier alpha value is -1.46. The number of amides is 1. The fraction of sp³-hybridized carbons (Fsp3) is 0.667. The minimum absolute atomic E-state index is 0.118. The van der Waals surface area contributed by atoms with Crippen molar-refractivity contribution in [1.29, 1.82) is 0 Å². The highest BCUT2D eigenvalue weighted by Crippen LogP contribution is 2.19. The summed E-state index contributed by atoms with van der Waals surface area (Å²) >= 11 is 0. The molecule has 2 saturated heterocycles. The van der Waals surface area contributed by atoms with E-state index >= 15 is 0 Å². The van der Waals surface area contributed by atoms with E-state index in [0.717, 1.165) is 24.6 Å². The van der Waals surface area contributed by atoms with Crippen molar-refractivity contribution in [2.75, 3.05) is 39.3 Å². The number of hydrogen-bond acceptors (Lipinski definition) is 4. The molecule has 5 nitrogen and oxygen atoms in total. The third-order valence-electron chi connectivity index (χ3n) is 4.91.